The Balaban J connectivity index is 0.00000220. The number of unbranched alkanes of at least 4 members (excludes halogenated alkanes) is 2. The van der Waals surface area contributed by atoms with Crippen LogP contribution >= 0.6 is 12.4 Å². The number of halogens is 2. The Labute approximate surface area is 132 Å². The first-order chi connectivity index (χ1) is 9.72. The van der Waals surface area contributed by atoms with Crippen molar-refractivity contribution in [2.45, 2.75) is 38.6 Å². The molecule has 1 unspecified atom stereocenters. The Morgan fingerprint density at radius 2 is 2.24 bits per heavy atom. The van der Waals surface area contributed by atoms with Gasteiger partial charge in [-0.3, -0.25) is 4.79 Å². The van der Waals surface area contributed by atoms with Crippen molar-refractivity contribution in [1.29, 1.82) is 0 Å². The first-order valence-electron chi connectivity index (χ1n) is 7.48. The summed E-state index contributed by atoms with van der Waals surface area (Å²) in [6.07, 6.45) is 3.74. The molecule has 1 saturated heterocycles. The van der Waals surface area contributed by atoms with Gasteiger partial charge in [-0.15, -0.1) is 12.4 Å². The molecule has 3 nitrogen and oxygen atoms in total. The molecule has 0 spiro atoms. The molecule has 0 aliphatic carbocycles. The van der Waals surface area contributed by atoms with Gasteiger partial charge in [0, 0.05) is 26.1 Å². The van der Waals surface area contributed by atoms with Gasteiger partial charge in [0.1, 0.15) is 5.82 Å². The van der Waals surface area contributed by atoms with Gasteiger partial charge in [0.15, 0.2) is 0 Å². The Bertz CT molecular complexity index is 456. The zero-order valence-corrected chi connectivity index (χ0v) is 13.3. The number of piperazine rings is 1. The maximum atomic E-state index is 13.4. The molecule has 0 radical (unpaired) electrons. The Hall–Kier alpha value is -1.13. The third-order valence-electron chi connectivity index (χ3n) is 3.79. The van der Waals surface area contributed by atoms with Crippen LogP contribution in [0, 0.1) is 5.82 Å². The average molecular weight is 315 g/mol. The second-order valence-electron chi connectivity index (χ2n) is 5.32. The van der Waals surface area contributed by atoms with Gasteiger partial charge < -0.3 is 10.2 Å². The van der Waals surface area contributed by atoms with Gasteiger partial charge in [0.05, 0.1) is 6.04 Å². The van der Waals surface area contributed by atoms with E-state index in [2.05, 4.69) is 12.2 Å². The molecule has 1 atom stereocenters. The number of hydrogen-bond acceptors (Lipinski definition) is 2. The molecule has 1 aromatic carbocycles. The minimum Gasteiger partial charge on any atom is -0.333 e. The van der Waals surface area contributed by atoms with Crippen molar-refractivity contribution in [3.8, 4) is 0 Å². The summed E-state index contributed by atoms with van der Waals surface area (Å²) in [5.41, 5.74) is 0.876. The fourth-order valence-electron chi connectivity index (χ4n) is 2.68. The lowest BCUT2D eigenvalue weighted by atomic mass is 10.0. The minimum atomic E-state index is -0.244. The summed E-state index contributed by atoms with van der Waals surface area (Å²) in [6.45, 7) is 4.34. The first-order valence-corrected chi connectivity index (χ1v) is 7.48. The lowest BCUT2D eigenvalue weighted by Crippen LogP contribution is -2.48. The SMILES string of the molecule is CCCCCC(=O)N1CCNCC1c1cccc(F)c1.Cl. The molecule has 1 aliphatic rings. The van der Waals surface area contributed by atoms with Crippen molar-refractivity contribution < 1.29 is 9.18 Å². The average Bonchev–Trinajstić information content (AvgIpc) is 2.47. The molecular weight excluding hydrogens is 291 g/mol. The predicted molar refractivity (Wildman–Crippen MR) is 85.1 cm³/mol. The number of amides is 1. The smallest absolute Gasteiger partial charge is 0.223 e. The van der Waals surface area contributed by atoms with E-state index in [0.717, 1.165) is 31.4 Å². The zero-order valence-electron chi connectivity index (χ0n) is 12.5. The van der Waals surface area contributed by atoms with Crippen molar-refractivity contribution in [2.24, 2.45) is 0 Å². The van der Waals surface area contributed by atoms with Crippen molar-refractivity contribution in [3.63, 3.8) is 0 Å². The topological polar surface area (TPSA) is 32.3 Å². The molecule has 1 heterocycles. The van der Waals surface area contributed by atoms with E-state index in [1.807, 2.05) is 11.0 Å². The van der Waals surface area contributed by atoms with E-state index in [9.17, 15) is 9.18 Å². The molecule has 1 aromatic rings. The molecular formula is C16H24ClFN2O. The largest absolute Gasteiger partial charge is 0.333 e. The van der Waals surface area contributed by atoms with Crippen molar-refractivity contribution >= 4 is 18.3 Å². The molecule has 0 bridgehead atoms. The van der Waals surface area contributed by atoms with E-state index in [4.69, 9.17) is 0 Å². The number of carbonyl (C=O) groups excluding carboxylic acids is 1. The number of carbonyl (C=O) groups is 1. The molecule has 1 aliphatic heterocycles. The monoisotopic (exact) mass is 314 g/mol. The number of nitrogens with one attached hydrogen (secondary N) is 1. The quantitative estimate of drug-likeness (QED) is 0.846. The van der Waals surface area contributed by atoms with Crippen LogP contribution in [0.3, 0.4) is 0 Å². The second-order valence-corrected chi connectivity index (χ2v) is 5.32. The highest BCUT2D eigenvalue weighted by molar-refractivity contribution is 5.85. The van der Waals surface area contributed by atoms with Crippen LogP contribution in [0.1, 0.15) is 44.2 Å². The van der Waals surface area contributed by atoms with E-state index < -0.39 is 0 Å². The summed E-state index contributed by atoms with van der Waals surface area (Å²) < 4.78 is 13.4. The molecule has 21 heavy (non-hydrogen) atoms. The third-order valence-corrected chi connectivity index (χ3v) is 3.79. The van der Waals surface area contributed by atoms with Crippen LogP contribution < -0.4 is 5.32 Å². The van der Waals surface area contributed by atoms with Crippen LogP contribution in [0.4, 0.5) is 4.39 Å². The van der Waals surface area contributed by atoms with Gasteiger partial charge in [-0.2, -0.15) is 0 Å². The van der Waals surface area contributed by atoms with Crippen LogP contribution in [-0.4, -0.2) is 30.4 Å². The van der Waals surface area contributed by atoms with Crippen LogP contribution in [0.15, 0.2) is 24.3 Å². The highest BCUT2D eigenvalue weighted by Crippen LogP contribution is 2.24. The number of hydrogen-bond donors (Lipinski definition) is 1. The lowest BCUT2D eigenvalue weighted by molar-refractivity contribution is -0.134. The van der Waals surface area contributed by atoms with Crippen molar-refractivity contribution in [2.75, 3.05) is 19.6 Å². The second kappa shape index (κ2) is 9.00. The molecule has 118 valence electrons. The summed E-state index contributed by atoms with van der Waals surface area (Å²) in [7, 11) is 0. The zero-order chi connectivity index (χ0) is 14.4. The summed E-state index contributed by atoms with van der Waals surface area (Å²) in [5.74, 6) is -0.0549. The molecule has 0 saturated carbocycles. The summed E-state index contributed by atoms with van der Waals surface area (Å²) in [5, 5.41) is 3.29. The molecule has 1 N–H and O–H groups in total. The first kappa shape index (κ1) is 17.9. The van der Waals surface area contributed by atoms with Gasteiger partial charge in [-0.1, -0.05) is 31.9 Å². The Morgan fingerprint density at radius 1 is 1.43 bits per heavy atom. The van der Waals surface area contributed by atoms with E-state index in [1.165, 1.54) is 12.1 Å². The van der Waals surface area contributed by atoms with Crippen LogP contribution in [0.2, 0.25) is 0 Å². The van der Waals surface area contributed by atoms with Gasteiger partial charge in [0.25, 0.3) is 0 Å². The summed E-state index contributed by atoms with van der Waals surface area (Å²) in [6, 6.07) is 6.53. The Morgan fingerprint density at radius 3 is 2.95 bits per heavy atom. The minimum absolute atomic E-state index is 0. The summed E-state index contributed by atoms with van der Waals surface area (Å²) in [4.78, 5) is 14.2. The molecule has 5 heteroatoms. The van der Waals surface area contributed by atoms with Gasteiger partial charge in [-0.05, 0) is 24.1 Å². The normalized spacial score (nSPS) is 18.2. The van der Waals surface area contributed by atoms with Gasteiger partial charge in [0.2, 0.25) is 5.91 Å². The maximum Gasteiger partial charge on any atom is 0.223 e. The molecule has 2 rings (SSSR count). The van der Waals surface area contributed by atoms with Crippen molar-refractivity contribution in [1.82, 2.24) is 10.2 Å². The number of rotatable bonds is 5. The molecule has 0 aromatic heterocycles. The van der Waals surface area contributed by atoms with Crippen LogP contribution in [0.5, 0.6) is 0 Å². The predicted octanol–water partition coefficient (Wildman–Crippen LogP) is 3.30. The van der Waals surface area contributed by atoms with E-state index >= 15 is 0 Å². The van der Waals surface area contributed by atoms with E-state index in [-0.39, 0.29) is 30.2 Å². The highest BCUT2D eigenvalue weighted by atomic mass is 35.5. The fourth-order valence-corrected chi connectivity index (χ4v) is 2.68. The standard InChI is InChI=1S/C16H23FN2O.ClH/c1-2-3-4-8-16(20)19-10-9-18-12-15(19)13-6-5-7-14(17)11-13;/h5-7,11,15,18H,2-4,8-10,12H2,1H3;1H. The highest BCUT2D eigenvalue weighted by Gasteiger charge is 2.27. The maximum absolute atomic E-state index is 13.4. The number of benzene rings is 1. The number of nitrogens with zero attached hydrogens (tertiary/aromatic N) is 1. The lowest BCUT2D eigenvalue weighted by Gasteiger charge is -2.36. The van der Waals surface area contributed by atoms with Gasteiger partial charge >= 0.3 is 0 Å². The summed E-state index contributed by atoms with van der Waals surface area (Å²) >= 11 is 0. The van der Waals surface area contributed by atoms with Gasteiger partial charge in [-0.25, -0.2) is 4.39 Å². The third kappa shape index (κ3) is 4.97. The molecule has 1 fully saturated rings. The van der Waals surface area contributed by atoms with Crippen molar-refractivity contribution in [3.05, 3.63) is 35.6 Å². The van der Waals surface area contributed by atoms with Crippen LogP contribution in [0.25, 0.3) is 0 Å². The van der Waals surface area contributed by atoms with Crippen LogP contribution in [-0.2, 0) is 4.79 Å². The van der Waals surface area contributed by atoms with E-state index in [0.29, 0.717) is 19.5 Å². The Kier molecular flexibility index (Phi) is 7.68. The fraction of sp³-hybridized carbons (Fsp3) is 0.562. The molecule has 1 amide bonds. The van der Waals surface area contributed by atoms with E-state index in [1.54, 1.807) is 6.07 Å².